The highest BCUT2D eigenvalue weighted by molar-refractivity contribution is 7.92. The molecular formula is C21H27NO4S. The van der Waals surface area contributed by atoms with E-state index in [0.717, 1.165) is 5.56 Å². The first-order chi connectivity index (χ1) is 12.7. The SMILES string of the molecule is CN(c1ccccc1)S(=O)(=O)Cc1cccc(C(C)(C)C)c1OCC1CO1. The van der Waals surface area contributed by atoms with Crippen molar-refractivity contribution in [2.45, 2.75) is 38.0 Å². The Kier molecular flexibility index (Phi) is 5.49. The molecule has 0 saturated carbocycles. The van der Waals surface area contributed by atoms with Gasteiger partial charge in [-0.05, 0) is 23.1 Å². The normalized spacial score (nSPS) is 16.8. The zero-order valence-electron chi connectivity index (χ0n) is 16.3. The van der Waals surface area contributed by atoms with Crippen LogP contribution in [0.5, 0.6) is 5.75 Å². The van der Waals surface area contributed by atoms with E-state index in [0.29, 0.717) is 30.2 Å². The fraction of sp³-hybridized carbons (Fsp3) is 0.429. The van der Waals surface area contributed by atoms with Crippen LogP contribution in [0.1, 0.15) is 31.9 Å². The standard InChI is InChI=1S/C21H27NO4S/c1-21(2,3)19-12-8-9-16(20(19)26-14-18-13-25-18)15-27(23,24)22(4)17-10-6-5-7-11-17/h5-12,18H,13-15H2,1-4H3. The number of rotatable bonds is 7. The van der Waals surface area contributed by atoms with E-state index in [-0.39, 0.29) is 17.3 Å². The number of hydrogen-bond acceptors (Lipinski definition) is 4. The summed E-state index contributed by atoms with van der Waals surface area (Å²) in [4.78, 5) is 0. The van der Waals surface area contributed by atoms with Gasteiger partial charge < -0.3 is 9.47 Å². The maximum absolute atomic E-state index is 13.0. The van der Waals surface area contributed by atoms with E-state index in [1.165, 1.54) is 4.31 Å². The molecule has 27 heavy (non-hydrogen) atoms. The van der Waals surface area contributed by atoms with Crippen molar-refractivity contribution in [2.75, 3.05) is 24.6 Å². The van der Waals surface area contributed by atoms with Crippen LogP contribution in [0.3, 0.4) is 0 Å². The van der Waals surface area contributed by atoms with E-state index in [2.05, 4.69) is 20.8 Å². The van der Waals surface area contributed by atoms with Crippen LogP contribution < -0.4 is 9.04 Å². The monoisotopic (exact) mass is 389 g/mol. The van der Waals surface area contributed by atoms with Crippen LogP contribution in [0, 0.1) is 0 Å². The molecular weight excluding hydrogens is 362 g/mol. The molecule has 2 aromatic rings. The lowest BCUT2D eigenvalue weighted by Gasteiger charge is -2.26. The summed E-state index contributed by atoms with van der Waals surface area (Å²) in [7, 11) is -1.97. The van der Waals surface area contributed by atoms with E-state index in [1.54, 1.807) is 19.2 Å². The molecule has 2 aromatic carbocycles. The van der Waals surface area contributed by atoms with Crippen molar-refractivity contribution in [3.63, 3.8) is 0 Å². The quantitative estimate of drug-likeness (QED) is 0.677. The lowest BCUT2D eigenvalue weighted by atomic mass is 9.85. The number of hydrogen-bond donors (Lipinski definition) is 0. The Morgan fingerprint density at radius 2 is 1.78 bits per heavy atom. The first-order valence-electron chi connectivity index (χ1n) is 9.07. The average Bonchev–Trinajstić information content (AvgIpc) is 3.44. The Balaban J connectivity index is 1.92. The lowest BCUT2D eigenvalue weighted by Crippen LogP contribution is -2.28. The number of nitrogens with zero attached hydrogens (tertiary/aromatic N) is 1. The molecule has 0 N–H and O–H groups in total. The second kappa shape index (κ2) is 7.52. The number of sulfonamides is 1. The molecule has 0 bridgehead atoms. The van der Waals surface area contributed by atoms with Gasteiger partial charge in [-0.3, -0.25) is 4.31 Å². The fourth-order valence-corrected chi connectivity index (χ4v) is 4.15. The molecule has 1 heterocycles. The van der Waals surface area contributed by atoms with Gasteiger partial charge in [0.25, 0.3) is 0 Å². The summed E-state index contributed by atoms with van der Waals surface area (Å²) < 4.78 is 38.6. The van der Waals surface area contributed by atoms with E-state index in [4.69, 9.17) is 9.47 Å². The second-order valence-corrected chi connectivity index (χ2v) is 9.87. The Morgan fingerprint density at radius 1 is 1.11 bits per heavy atom. The minimum Gasteiger partial charge on any atom is -0.490 e. The van der Waals surface area contributed by atoms with Gasteiger partial charge in [0.2, 0.25) is 10.0 Å². The first kappa shape index (κ1) is 19.7. The molecule has 0 spiro atoms. The molecule has 3 rings (SSSR count). The Labute approximate surface area is 162 Å². The van der Waals surface area contributed by atoms with Crippen molar-refractivity contribution in [1.29, 1.82) is 0 Å². The van der Waals surface area contributed by atoms with Crippen LogP contribution in [0.2, 0.25) is 0 Å². The summed E-state index contributed by atoms with van der Waals surface area (Å²) in [5, 5.41) is 0. The van der Waals surface area contributed by atoms with Gasteiger partial charge in [0.05, 0.1) is 18.0 Å². The van der Waals surface area contributed by atoms with Crippen molar-refractivity contribution < 1.29 is 17.9 Å². The highest BCUT2D eigenvalue weighted by Gasteiger charge is 2.28. The van der Waals surface area contributed by atoms with Crippen molar-refractivity contribution in [3.05, 3.63) is 59.7 Å². The summed E-state index contributed by atoms with van der Waals surface area (Å²) in [6.07, 6.45) is 0.106. The highest BCUT2D eigenvalue weighted by atomic mass is 32.2. The van der Waals surface area contributed by atoms with Crippen molar-refractivity contribution >= 4 is 15.7 Å². The van der Waals surface area contributed by atoms with Gasteiger partial charge in [0, 0.05) is 12.6 Å². The number of anilines is 1. The van der Waals surface area contributed by atoms with E-state index in [1.807, 2.05) is 36.4 Å². The summed E-state index contributed by atoms with van der Waals surface area (Å²) in [6, 6.07) is 14.8. The van der Waals surface area contributed by atoms with Crippen LogP contribution in [0.4, 0.5) is 5.69 Å². The molecule has 1 aliphatic rings. The summed E-state index contributed by atoms with van der Waals surface area (Å²) in [5.41, 5.74) is 2.15. The van der Waals surface area contributed by atoms with E-state index in [9.17, 15) is 8.42 Å². The minimum absolute atomic E-state index is 0.106. The highest BCUT2D eigenvalue weighted by Crippen LogP contribution is 2.36. The molecule has 1 fully saturated rings. The average molecular weight is 390 g/mol. The van der Waals surface area contributed by atoms with Crippen LogP contribution in [0.25, 0.3) is 0 Å². The largest absolute Gasteiger partial charge is 0.490 e. The third-order valence-corrected chi connectivity index (χ3v) is 6.32. The lowest BCUT2D eigenvalue weighted by molar-refractivity contribution is 0.256. The third-order valence-electron chi connectivity index (χ3n) is 4.60. The third kappa shape index (κ3) is 4.82. The smallest absolute Gasteiger partial charge is 0.239 e. The molecule has 1 unspecified atom stereocenters. The van der Waals surface area contributed by atoms with Gasteiger partial charge >= 0.3 is 0 Å². The molecule has 6 heteroatoms. The topological polar surface area (TPSA) is 59.1 Å². The Bertz CT molecular complexity index is 884. The fourth-order valence-electron chi connectivity index (χ4n) is 2.89. The minimum atomic E-state index is -3.55. The number of ether oxygens (including phenoxy) is 2. The van der Waals surface area contributed by atoms with Gasteiger partial charge in [-0.25, -0.2) is 8.42 Å². The number of benzene rings is 2. The predicted octanol–water partition coefficient (Wildman–Crippen LogP) is 3.73. The molecule has 1 aliphatic heterocycles. The summed E-state index contributed by atoms with van der Waals surface area (Å²) in [5.74, 6) is 0.536. The summed E-state index contributed by atoms with van der Waals surface area (Å²) in [6.45, 7) is 7.42. The predicted molar refractivity (Wildman–Crippen MR) is 108 cm³/mol. The van der Waals surface area contributed by atoms with Gasteiger partial charge in [0.15, 0.2) is 0 Å². The van der Waals surface area contributed by atoms with Gasteiger partial charge in [-0.1, -0.05) is 57.2 Å². The molecule has 1 atom stereocenters. The van der Waals surface area contributed by atoms with Crippen molar-refractivity contribution in [2.24, 2.45) is 0 Å². The molecule has 1 saturated heterocycles. The van der Waals surface area contributed by atoms with Crippen LogP contribution >= 0.6 is 0 Å². The van der Waals surface area contributed by atoms with Crippen molar-refractivity contribution in [1.82, 2.24) is 0 Å². The Morgan fingerprint density at radius 3 is 2.37 bits per heavy atom. The van der Waals surface area contributed by atoms with E-state index < -0.39 is 10.0 Å². The van der Waals surface area contributed by atoms with E-state index >= 15 is 0 Å². The van der Waals surface area contributed by atoms with Gasteiger partial charge in [-0.2, -0.15) is 0 Å². The zero-order chi connectivity index (χ0) is 19.7. The maximum atomic E-state index is 13.0. The van der Waals surface area contributed by atoms with Crippen LogP contribution in [-0.4, -0.2) is 34.8 Å². The first-order valence-corrected chi connectivity index (χ1v) is 10.7. The molecule has 5 nitrogen and oxygen atoms in total. The molecule has 0 aromatic heterocycles. The maximum Gasteiger partial charge on any atom is 0.239 e. The number of epoxide rings is 1. The molecule has 0 radical (unpaired) electrons. The molecule has 146 valence electrons. The molecule has 0 amide bonds. The zero-order valence-corrected chi connectivity index (χ0v) is 17.1. The number of para-hydroxylation sites is 2. The van der Waals surface area contributed by atoms with Crippen LogP contribution in [-0.2, 0) is 25.9 Å². The van der Waals surface area contributed by atoms with Crippen LogP contribution in [0.15, 0.2) is 48.5 Å². The summed E-state index contributed by atoms with van der Waals surface area (Å²) >= 11 is 0. The van der Waals surface area contributed by atoms with Crippen molar-refractivity contribution in [3.8, 4) is 5.75 Å². The van der Waals surface area contributed by atoms with Gasteiger partial charge in [0.1, 0.15) is 18.5 Å². The van der Waals surface area contributed by atoms with Gasteiger partial charge in [-0.15, -0.1) is 0 Å². The molecule has 0 aliphatic carbocycles. The Hall–Kier alpha value is -2.05. The second-order valence-electron chi connectivity index (χ2n) is 7.87.